The standard InChI is InChI=1S/C84H151NO18/c1-3-5-7-9-11-13-15-17-19-21-23-25-27-29-31-32-33-34-36-37-39-41-43-45-47-49-51-53-55-57-59-61-68(89)67(85-72(90)62-60-58-56-54-52-50-48-46-44-42-40-38-35-30-28-26-24-22-20-18-16-14-12-10-8-6-4-2)66-98-82-78(96)75(93)80(70(64-87)100-82)103-84-79(97)76(94)81(71(65-88)101-84)102-83-77(95)74(92)73(91)69(63-86)99-83/h6,8,12,14,18,20,24,26,30,35,59,61,67-71,73-84,86-89,91-97H,3-5,7,9-11,13,15-17,19,21-23,25,27-29,31-34,36-58,60,62-66H2,1-2H3,(H,85,90)/b8-6-,14-12-,20-18-,26-24-,35-30-,61-59+. The molecule has 3 rings (SSSR count). The summed E-state index contributed by atoms with van der Waals surface area (Å²) < 4.78 is 34.5. The van der Waals surface area contributed by atoms with Crippen LogP contribution in [0, 0.1) is 0 Å². The van der Waals surface area contributed by atoms with Crippen LogP contribution in [0.1, 0.15) is 322 Å². The van der Waals surface area contributed by atoms with E-state index in [-0.39, 0.29) is 18.9 Å². The zero-order valence-corrected chi connectivity index (χ0v) is 64.3. The van der Waals surface area contributed by atoms with Gasteiger partial charge in [-0.15, -0.1) is 0 Å². The maximum atomic E-state index is 13.5. The number of hydrogen-bond acceptors (Lipinski definition) is 18. The van der Waals surface area contributed by atoms with Crippen molar-refractivity contribution >= 4 is 5.91 Å². The van der Waals surface area contributed by atoms with Gasteiger partial charge in [-0.2, -0.15) is 0 Å². The number of amides is 1. The van der Waals surface area contributed by atoms with Gasteiger partial charge in [0.2, 0.25) is 5.91 Å². The molecule has 12 N–H and O–H groups in total. The Bertz CT molecular complexity index is 2140. The molecule has 17 unspecified atom stereocenters. The van der Waals surface area contributed by atoms with Gasteiger partial charge in [-0.1, -0.05) is 324 Å². The third-order valence-corrected chi connectivity index (χ3v) is 20.5. The van der Waals surface area contributed by atoms with Crippen molar-refractivity contribution in [3.05, 3.63) is 72.9 Å². The van der Waals surface area contributed by atoms with E-state index in [2.05, 4.69) is 79.9 Å². The highest BCUT2D eigenvalue weighted by Crippen LogP contribution is 2.33. The largest absolute Gasteiger partial charge is 0.394 e. The van der Waals surface area contributed by atoms with Crippen molar-refractivity contribution < 1.29 is 89.4 Å². The molecule has 103 heavy (non-hydrogen) atoms. The second-order valence-corrected chi connectivity index (χ2v) is 29.6. The number of allylic oxidation sites excluding steroid dienone is 11. The summed E-state index contributed by atoms with van der Waals surface area (Å²) in [6.45, 7) is 1.66. The third-order valence-electron chi connectivity index (χ3n) is 20.5. The lowest BCUT2D eigenvalue weighted by Gasteiger charge is -2.48. The van der Waals surface area contributed by atoms with E-state index in [9.17, 15) is 61.0 Å². The van der Waals surface area contributed by atoms with E-state index >= 15 is 0 Å². The van der Waals surface area contributed by atoms with Crippen molar-refractivity contribution in [2.45, 2.75) is 426 Å². The molecule has 19 nitrogen and oxygen atoms in total. The molecule has 3 heterocycles. The first kappa shape index (κ1) is 94.4. The van der Waals surface area contributed by atoms with Crippen molar-refractivity contribution in [2.24, 2.45) is 0 Å². The summed E-state index contributed by atoms with van der Waals surface area (Å²) >= 11 is 0. The fraction of sp³-hybridized carbons (Fsp3) is 0.845. The fourth-order valence-electron chi connectivity index (χ4n) is 13.9. The van der Waals surface area contributed by atoms with Crippen molar-refractivity contribution in [2.75, 3.05) is 26.4 Å². The fourth-order valence-corrected chi connectivity index (χ4v) is 13.9. The molecular weight excluding hydrogens is 1310 g/mol. The van der Waals surface area contributed by atoms with E-state index < -0.39 is 124 Å². The summed E-state index contributed by atoms with van der Waals surface area (Å²) in [7, 11) is 0. The molecule has 0 spiro atoms. The number of carbonyl (C=O) groups is 1. The maximum Gasteiger partial charge on any atom is 0.220 e. The van der Waals surface area contributed by atoms with Crippen LogP contribution in [0.3, 0.4) is 0 Å². The van der Waals surface area contributed by atoms with Gasteiger partial charge >= 0.3 is 0 Å². The van der Waals surface area contributed by atoms with Gasteiger partial charge in [0, 0.05) is 6.42 Å². The van der Waals surface area contributed by atoms with Crippen LogP contribution in [0.5, 0.6) is 0 Å². The molecule has 0 aromatic heterocycles. The van der Waals surface area contributed by atoms with Crippen LogP contribution in [0.25, 0.3) is 0 Å². The lowest BCUT2D eigenvalue weighted by Crippen LogP contribution is -2.66. The zero-order chi connectivity index (χ0) is 74.6. The zero-order valence-electron chi connectivity index (χ0n) is 64.3. The van der Waals surface area contributed by atoms with Crippen molar-refractivity contribution in [1.29, 1.82) is 0 Å². The molecule has 0 bridgehead atoms. The Morgan fingerprint density at radius 3 is 1.05 bits per heavy atom. The highest BCUT2D eigenvalue weighted by atomic mass is 16.8. The summed E-state index contributed by atoms with van der Waals surface area (Å²) in [4.78, 5) is 13.5. The molecular formula is C84H151NO18. The summed E-state index contributed by atoms with van der Waals surface area (Å²) in [5, 5.41) is 121. The van der Waals surface area contributed by atoms with Crippen LogP contribution in [-0.4, -0.2) is 193 Å². The topological polar surface area (TPSA) is 307 Å². The SMILES string of the molecule is CC/C=C\C/C=C\C/C=C\C/C=C\C/C=C\CCCCCCCCCCCCCC(=O)NC(COC1OC(CO)C(OC2OC(CO)C(OC3OC(CO)C(O)C(O)C3O)C(O)C2O)C(O)C1O)C(O)/C=C/CCCCCCCCCCCCCCCCCCCCCCCCCCCCCCC. The molecule has 0 aliphatic carbocycles. The minimum Gasteiger partial charge on any atom is -0.394 e. The lowest BCUT2D eigenvalue weighted by molar-refractivity contribution is -0.379. The Morgan fingerprint density at radius 2 is 0.670 bits per heavy atom. The van der Waals surface area contributed by atoms with Crippen LogP contribution in [0.2, 0.25) is 0 Å². The Labute approximate surface area is 623 Å². The molecule has 0 radical (unpaired) electrons. The van der Waals surface area contributed by atoms with Gasteiger partial charge in [0.25, 0.3) is 0 Å². The van der Waals surface area contributed by atoms with Gasteiger partial charge in [0.15, 0.2) is 18.9 Å². The molecule has 3 aliphatic heterocycles. The first-order valence-corrected chi connectivity index (χ1v) is 41.7. The van der Waals surface area contributed by atoms with Crippen molar-refractivity contribution in [1.82, 2.24) is 5.32 Å². The van der Waals surface area contributed by atoms with E-state index in [4.69, 9.17) is 28.4 Å². The van der Waals surface area contributed by atoms with E-state index in [1.54, 1.807) is 6.08 Å². The Morgan fingerprint density at radius 1 is 0.359 bits per heavy atom. The van der Waals surface area contributed by atoms with Crippen molar-refractivity contribution in [3.63, 3.8) is 0 Å². The van der Waals surface area contributed by atoms with E-state index in [0.29, 0.717) is 6.42 Å². The Balaban J connectivity index is 1.37. The highest BCUT2D eigenvalue weighted by Gasteiger charge is 2.54. The molecule has 3 fully saturated rings. The van der Waals surface area contributed by atoms with Gasteiger partial charge in [0.05, 0.1) is 38.6 Å². The van der Waals surface area contributed by atoms with Gasteiger partial charge in [-0.05, 0) is 64.2 Å². The first-order valence-electron chi connectivity index (χ1n) is 41.7. The number of hydrogen-bond donors (Lipinski definition) is 12. The van der Waals surface area contributed by atoms with Crippen LogP contribution >= 0.6 is 0 Å². The molecule has 0 aromatic carbocycles. The number of aliphatic hydroxyl groups is 11. The summed E-state index contributed by atoms with van der Waals surface area (Å²) in [6.07, 6.45) is 57.4. The molecule has 17 atom stereocenters. The molecule has 0 aromatic rings. The third kappa shape index (κ3) is 43.9. The number of aliphatic hydroxyl groups excluding tert-OH is 11. The van der Waals surface area contributed by atoms with E-state index in [1.165, 1.54) is 205 Å². The molecule has 19 heteroatoms. The highest BCUT2D eigenvalue weighted by molar-refractivity contribution is 5.76. The van der Waals surface area contributed by atoms with Crippen molar-refractivity contribution in [3.8, 4) is 0 Å². The predicted molar refractivity (Wildman–Crippen MR) is 411 cm³/mol. The van der Waals surface area contributed by atoms with Crippen LogP contribution in [0.15, 0.2) is 72.9 Å². The van der Waals surface area contributed by atoms with E-state index in [1.807, 2.05) is 6.08 Å². The molecule has 600 valence electrons. The number of unbranched alkanes of at least 4 members (excludes halogenated alkanes) is 40. The second-order valence-electron chi connectivity index (χ2n) is 29.6. The molecule has 1 amide bonds. The lowest BCUT2D eigenvalue weighted by atomic mass is 9.96. The van der Waals surface area contributed by atoms with Gasteiger partial charge < -0.3 is 89.9 Å². The smallest absolute Gasteiger partial charge is 0.220 e. The second kappa shape index (κ2) is 64.1. The summed E-state index contributed by atoms with van der Waals surface area (Å²) in [6, 6.07) is -0.981. The average molecular weight is 1460 g/mol. The van der Waals surface area contributed by atoms with Crippen LogP contribution in [0.4, 0.5) is 0 Å². The number of nitrogens with one attached hydrogen (secondary N) is 1. The average Bonchev–Trinajstić information content (AvgIpc) is 0.781. The summed E-state index contributed by atoms with van der Waals surface area (Å²) in [5.74, 6) is -0.277. The van der Waals surface area contributed by atoms with Gasteiger partial charge in [-0.25, -0.2) is 0 Å². The Hall–Kier alpha value is -2.77. The number of carbonyl (C=O) groups excluding carboxylic acids is 1. The molecule has 3 saturated heterocycles. The number of rotatable bonds is 66. The quantitative estimate of drug-likeness (QED) is 0.0199. The van der Waals surface area contributed by atoms with Crippen LogP contribution in [-0.2, 0) is 33.2 Å². The normalized spacial score (nSPS) is 26.4. The van der Waals surface area contributed by atoms with Crippen LogP contribution < -0.4 is 5.32 Å². The minimum atomic E-state index is -1.98. The monoisotopic (exact) mass is 1460 g/mol. The molecule has 0 saturated carbocycles. The minimum absolute atomic E-state index is 0.237. The van der Waals surface area contributed by atoms with Gasteiger partial charge in [-0.3, -0.25) is 4.79 Å². The first-order chi connectivity index (χ1) is 50.3. The summed E-state index contributed by atoms with van der Waals surface area (Å²) in [5.41, 5.74) is 0. The van der Waals surface area contributed by atoms with Gasteiger partial charge in [0.1, 0.15) is 73.2 Å². The Kier molecular flexibility index (Phi) is 58.8. The number of ether oxygens (including phenoxy) is 6. The maximum absolute atomic E-state index is 13.5. The molecule has 3 aliphatic rings. The van der Waals surface area contributed by atoms with E-state index in [0.717, 1.165) is 89.9 Å². The predicted octanol–water partition coefficient (Wildman–Crippen LogP) is 14.4.